The lowest BCUT2D eigenvalue weighted by molar-refractivity contribution is -0.151. The Kier molecular flexibility index (Phi) is 7.54. The van der Waals surface area contributed by atoms with Crippen LogP contribution < -0.4 is 14.2 Å². The molecule has 1 fully saturated rings. The third kappa shape index (κ3) is 4.82. The van der Waals surface area contributed by atoms with E-state index in [1.807, 2.05) is 49.4 Å². The molecule has 1 aliphatic heterocycles. The molecule has 0 saturated heterocycles. The molecule has 2 aliphatic carbocycles. The van der Waals surface area contributed by atoms with Crippen molar-refractivity contribution in [1.82, 2.24) is 0 Å². The van der Waals surface area contributed by atoms with Gasteiger partial charge >= 0.3 is 5.97 Å². The Hall–Kier alpha value is -3.61. The molecule has 7 heteroatoms. The van der Waals surface area contributed by atoms with Crippen molar-refractivity contribution in [1.29, 1.82) is 0 Å². The Labute approximate surface area is 223 Å². The maximum atomic E-state index is 13.9. The van der Waals surface area contributed by atoms with Crippen LogP contribution in [0.2, 0.25) is 0 Å². The van der Waals surface area contributed by atoms with Gasteiger partial charge in [0.05, 0.1) is 21.3 Å². The van der Waals surface area contributed by atoms with Crippen LogP contribution in [0, 0.1) is 5.92 Å². The first kappa shape index (κ1) is 26.0. The predicted molar refractivity (Wildman–Crippen MR) is 144 cm³/mol. The minimum Gasteiger partial charge on any atom is -0.496 e. The Morgan fingerprint density at radius 3 is 2.32 bits per heavy atom. The monoisotopic (exact) mass is 517 g/mol. The van der Waals surface area contributed by atoms with E-state index in [0.717, 1.165) is 42.5 Å². The lowest BCUT2D eigenvalue weighted by Gasteiger charge is -2.37. The summed E-state index contributed by atoms with van der Waals surface area (Å²) in [5, 5.41) is 0. The highest BCUT2D eigenvalue weighted by molar-refractivity contribution is 6.09. The van der Waals surface area contributed by atoms with Crippen LogP contribution in [0.1, 0.15) is 68.4 Å². The van der Waals surface area contributed by atoms with Crippen LogP contribution in [0.15, 0.2) is 58.7 Å². The van der Waals surface area contributed by atoms with Crippen LogP contribution in [-0.4, -0.2) is 44.9 Å². The van der Waals surface area contributed by atoms with Gasteiger partial charge in [-0.05, 0) is 68.7 Å². The summed E-state index contributed by atoms with van der Waals surface area (Å²) in [5.74, 6) is 0.364. The molecule has 0 spiro atoms. The molecule has 3 atom stereocenters. The zero-order valence-electron chi connectivity index (χ0n) is 22.5. The van der Waals surface area contributed by atoms with Crippen molar-refractivity contribution in [3.8, 4) is 17.2 Å². The molecular formula is C31H35NO6. The highest BCUT2D eigenvalue weighted by Crippen LogP contribution is 2.49. The third-order valence-electron chi connectivity index (χ3n) is 8.08. The molecule has 2 aromatic carbocycles. The smallest absolute Gasteiger partial charge is 0.315 e. The summed E-state index contributed by atoms with van der Waals surface area (Å²) >= 11 is 0. The average Bonchev–Trinajstić information content (AvgIpc) is 3.44. The van der Waals surface area contributed by atoms with Crippen LogP contribution in [0.3, 0.4) is 0 Å². The van der Waals surface area contributed by atoms with Crippen molar-refractivity contribution in [2.24, 2.45) is 10.9 Å². The summed E-state index contributed by atoms with van der Waals surface area (Å²) in [6, 6.07) is 13.4. The number of carbonyl (C=O) groups excluding carboxylic acids is 2. The fourth-order valence-corrected chi connectivity index (χ4v) is 6.21. The van der Waals surface area contributed by atoms with Gasteiger partial charge in [-0.15, -0.1) is 0 Å². The van der Waals surface area contributed by atoms with Crippen molar-refractivity contribution in [3.05, 3.63) is 64.9 Å². The second kappa shape index (κ2) is 11.0. The van der Waals surface area contributed by atoms with E-state index in [2.05, 4.69) is 0 Å². The van der Waals surface area contributed by atoms with Crippen LogP contribution in [0.4, 0.5) is 0 Å². The summed E-state index contributed by atoms with van der Waals surface area (Å²) < 4.78 is 22.6. The molecule has 200 valence electrons. The van der Waals surface area contributed by atoms with Gasteiger partial charge in [0.1, 0.15) is 17.8 Å². The molecule has 1 unspecified atom stereocenters. The molecular weight excluding hydrogens is 482 g/mol. The van der Waals surface area contributed by atoms with E-state index in [4.69, 9.17) is 23.9 Å². The molecule has 0 bridgehead atoms. The zero-order chi connectivity index (χ0) is 26.8. The topological polar surface area (TPSA) is 83.4 Å². The van der Waals surface area contributed by atoms with Gasteiger partial charge in [-0.2, -0.15) is 0 Å². The standard InChI is InChI=1S/C31H35NO6/c1-18-28(31(34)38-21-9-5-6-10-21)29(22-11-7-8-12-25(22)35-2)30-23(32-18)15-20(16-24(30)33)19-13-14-26(36-3)27(17-19)37-4/h7-8,11-14,17,20-21,28-29H,5-6,9-10,15-16H2,1-4H3/t20-,28?,29-/m1/s1. The number of aliphatic imine (C=N–C) groups is 1. The maximum absolute atomic E-state index is 13.9. The van der Waals surface area contributed by atoms with Gasteiger partial charge in [-0.1, -0.05) is 24.3 Å². The van der Waals surface area contributed by atoms with E-state index >= 15 is 0 Å². The number of esters is 1. The minimum absolute atomic E-state index is 0.00291. The third-order valence-corrected chi connectivity index (χ3v) is 8.08. The second-order valence-electron chi connectivity index (χ2n) is 10.3. The number of hydrogen-bond donors (Lipinski definition) is 0. The van der Waals surface area contributed by atoms with Crippen LogP contribution in [0.5, 0.6) is 17.2 Å². The first-order valence-electron chi connectivity index (χ1n) is 13.3. The molecule has 1 heterocycles. The van der Waals surface area contributed by atoms with Crippen LogP contribution >= 0.6 is 0 Å². The van der Waals surface area contributed by atoms with Gasteiger partial charge in [-0.3, -0.25) is 14.6 Å². The van der Waals surface area contributed by atoms with Gasteiger partial charge in [-0.25, -0.2) is 0 Å². The quantitative estimate of drug-likeness (QED) is 0.434. The molecule has 0 amide bonds. The number of para-hydroxylation sites is 1. The SMILES string of the molecule is COc1ccc([C@H]2CC(=O)C3=C(C2)N=C(C)C(C(=O)OC2CCCC2)[C@H]3c2ccccc2OC)cc1OC. The second-order valence-corrected chi connectivity index (χ2v) is 10.3. The van der Waals surface area contributed by atoms with E-state index < -0.39 is 11.8 Å². The lowest BCUT2D eigenvalue weighted by Crippen LogP contribution is -2.39. The Bertz CT molecular complexity index is 1290. The maximum Gasteiger partial charge on any atom is 0.315 e. The van der Waals surface area contributed by atoms with E-state index in [0.29, 0.717) is 41.4 Å². The molecule has 0 aromatic heterocycles. The summed E-state index contributed by atoms with van der Waals surface area (Å²) in [7, 11) is 4.82. The fourth-order valence-electron chi connectivity index (χ4n) is 6.21. The number of allylic oxidation sites excluding steroid dienone is 2. The van der Waals surface area contributed by atoms with Gasteiger partial charge < -0.3 is 18.9 Å². The molecule has 0 N–H and O–H groups in total. The Balaban J connectivity index is 1.55. The number of nitrogens with zero attached hydrogens (tertiary/aromatic N) is 1. The number of carbonyl (C=O) groups is 2. The van der Waals surface area contributed by atoms with Gasteiger partial charge in [0.2, 0.25) is 0 Å². The van der Waals surface area contributed by atoms with E-state index in [9.17, 15) is 9.59 Å². The lowest BCUT2D eigenvalue weighted by atomic mass is 9.69. The molecule has 2 aromatic rings. The number of Topliss-reactive ketones (excluding diaryl/α,β-unsaturated/α-hetero) is 1. The molecule has 3 aliphatic rings. The predicted octanol–water partition coefficient (Wildman–Crippen LogP) is 5.77. The van der Waals surface area contributed by atoms with Crippen molar-refractivity contribution < 1.29 is 28.5 Å². The van der Waals surface area contributed by atoms with Crippen molar-refractivity contribution in [2.45, 2.75) is 63.4 Å². The minimum atomic E-state index is -0.674. The van der Waals surface area contributed by atoms with Crippen molar-refractivity contribution in [3.63, 3.8) is 0 Å². The van der Waals surface area contributed by atoms with Crippen LogP contribution in [-0.2, 0) is 14.3 Å². The first-order chi connectivity index (χ1) is 18.4. The fraction of sp³-hybridized carbons (Fsp3) is 0.452. The Morgan fingerprint density at radius 1 is 0.895 bits per heavy atom. The number of methoxy groups -OCH3 is 3. The summed E-state index contributed by atoms with van der Waals surface area (Å²) in [6.45, 7) is 1.87. The zero-order valence-corrected chi connectivity index (χ0v) is 22.5. The highest BCUT2D eigenvalue weighted by Gasteiger charge is 2.46. The largest absolute Gasteiger partial charge is 0.496 e. The Morgan fingerprint density at radius 2 is 1.61 bits per heavy atom. The number of hydrogen-bond acceptors (Lipinski definition) is 7. The summed E-state index contributed by atoms with van der Waals surface area (Å²) in [6.07, 6.45) is 4.74. The van der Waals surface area contributed by atoms with E-state index in [1.165, 1.54) is 0 Å². The van der Waals surface area contributed by atoms with E-state index in [1.54, 1.807) is 21.3 Å². The average molecular weight is 518 g/mol. The molecule has 38 heavy (non-hydrogen) atoms. The normalized spacial score (nSPS) is 23.5. The number of benzene rings is 2. The van der Waals surface area contributed by atoms with E-state index in [-0.39, 0.29) is 23.8 Å². The van der Waals surface area contributed by atoms with Crippen molar-refractivity contribution in [2.75, 3.05) is 21.3 Å². The molecule has 1 saturated carbocycles. The first-order valence-corrected chi connectivity index (χ1v) is 13.3. The molecule has 5 rings (SSSR count). The number of ether oxygens (including phenoxy) is 4. The number of rotatable bonds is 7. The summed E-state index contributed by atoms with van der Waals surface area (Å²) in [4.78, 5) is 32.5. The highest BCUT2D eigenvalue weighted by atomic mass is 16.5. The molecule has 0 radical (unpaired) electrons. The van der Waals surface area contributed by atoms with Gasteiger partial charge in [0.25, 0.3) is 0 Å². The van der Waals surface area contributed by atoms with Gasteiger partial charge in [0.15, 0.2) is 17.3 Å². The van der Waals surface area contributed by atoms with Crippen LogP contribution in [0.25, 0.3) is 0 Å². The van der Waals surface area contributed by atoms with Gasteiger partial charge in [0, 0.05) is 34.9 Å². The molecule has 7 nitrogen and oxygen atoms in total. The van der Waals surface area contributed by atoms with Crippen molar-refractivity contribution >= 4 is 17.5 Å². The number of ketones is 1. The summed E-state index contributed by atoms with van der Waals surface area (Å²) in [5.41, 5.74) is 3.81.